The Morgan fingerprint density at radius 2 is 1.86 bits per heavy atom. The first-order valence-corrected chi connectivity index (χ1v) is 8.66. The van der Waals surface area contributed by atoms with Crippen LogP contribution in [0.3, 0.4) is 0 Å². The van der Waals surface area contributed by atoms with Crippen LogP contribution < -0.4 is 5.32 Å². The fraction of sp³-hybridized carbons (Fsp3) is 0.400. The maximum Gasteiger partial charge on any atom is 0.0421 e. The number of rotatable bonds is 2. The predicted octanol–water partition coefficient (Wildman–Crippen LogP) is 4.96. The van der Waals surface area contributed by atoms with E-state index in [1.165, 1.54) is 41.5 Å². The Morgan fingerprint density at radius 3 is 2.55 bits per heavy atom. The summed E-state index contributed by atoms with van der Waals surface area (Å²) in [4.78, 5) is 0. The number of hydrogen-bond donors (Lipinski definition) is 1. The Kier molecular flexibility index (Phi) is 3.51. The van der Waals surface area contributed by atoms with Gasteiger partial charge in [0.1, 0.15) is 0 Å². The number of aryl methyl sites for hydroxylation is 1. The topological polar surface area (TPSA) is 12.0 Å². The van der Waals surface area contributed by atoms with Crippen LogP contribution in [0.15, 0.2) is 42.5 Å². The molecule has 1 aliphatic heterocycles. The third-order valence-electron chi connectivity index (χ3n) is 5.57. The van der Waals surface area contributed by atoms with Crippen molar-refractivity contribution in [2.75, 3.05) is 6.54 Å². The lowest BCUT2D eigenvalue weighted by Gasteiger charge is -2.50. The summed E-state index contributed by atoms with van der Waals surface area (Å²) in [5.41, 5.74) is 6.08. The molecule has 0 amide bonds. The molecule has 1 unspecified atom stereocenters. The molecule has 0 bridgehead atoms. The molecule has 0 spiro atoms. The van der Waals surface area contributed by atoms with E-state index < -0.39 is 0 Å². The average Bonchev–Trinajstić information content (AvgIpc) is 2.48. The third-order valence-corrected chi connectivity index (χ3v) is 5.82. The van der Waals surface area contributed by atoms with Gasteiger partial charge in [0, 0.05) is 16.5 Å². The summed E-state index contributed by atoms with van der Waals surface area (Å²) >= 11 is 6.09. The van der Waals surface area contributed by atoms with Gasteiger partial charge in [-0.15, -0.1) is 0 Å². The molecular weight excluding hydrogens is 290 g/mol. The Labute approximate surface area is 137 Å². The normalized spacial score (nSPS) is 22.7. The van der Waals surface area contributed by atoms with Gasteiger partial charge in [-0.3, -0.25) is 0 Å². The molecule has 1 heterocycles. The zero-order valence-electron chi connectivity index (χ0n) is 13.0. The van der Waals surface area contributed by atoms with E-state index in [4.69, 9.17) is 11.6 Å². The van der Waals surface area contributed by atoms with Gasteiger partial charge in [0.15, 0.2) is 0 Å². The van der Waals surface area contributed by atoms with E-state index in [9.17, 15) is 0 Å². The van der Waals surface area contributed by atoms with Crippen LogP contribution in [0.5, 0.6) is 0 Å². The molecule has 1 fully saturated rings. The van der Waals surface area contributed by atoms with Gasteiger partial charge in [-0.1, -0.05) is 53.9 Å². The standard InChI is InChI=1S/C20H22ClN/c1-14-3-4-15-9-12-22-19(18(15)13-14)20(10-2-11-20)16-5-7-17(21)8-6-16/h3-8,13,19,22H,2,9-12H2,1H3. The molecule has 1 atom stereocenters. The van der Waals surface area contributed by atoms with Crippen molar-refractivity contribution in [1.29, 1.82) is 0 Å². The summed E-state index contributed by atoms with van der Waals surface area (Å²) < 4.78 is 0. The number of halogens is 1. The first-order chi connectivity index (χ1) is 10.7. The largest absolute Gasteiger partial charge is 0.309 e. The molecule has 1 saturated carbocycles. The SMILES string of the molecule is Cc1ccc2c(c1)C(C1(c3ccc(Cl)cc3)CCC1)NCC2. The molecular formula is C20H22ClN. The van der Waals surface area contributed by atoms with Crippen LogP contribution in [0, 0.1) is 6.92 Å². The smallest absolute Gasteiger partial charge is 0.0421 e. The minimum absolute atomic E-state index is 0.244. The second-order valence-corrected chi connectivity index (χ2v) is 7.29. The van der Waals surface area contributed by atoms with Crippen molar-refractivity contribution in [3.05, 3.63) is 69.7 Å². The van der Waals surface area contributed by atoms with Crippen molar-refractivity contribution >= 4 is 11.6 Å². The monoisotopic (exact) mass is 311 g/mol. The quantitative estimate of drug-likeness (QED) is 0.827. The van der Waals surface area contributed by atoms with Crippen LogP contribution >= 0.6 is 11.6 Å². The van der Waals surface area contributed by atoms with Crippen molar-refractivity contribution in [2.24, 2.45) is 0 Å². The fourth-order valence-corrected chi connectivity index (χ4v) is 4.37. The number of nitrogens with one attached hydrogen (secondary N) is 1. The highest BCUT2D eigenvalue weighted by Gasteiger charge is 2.47. The molecule has 22 heavy (non-hydrogen) atoms. The van der Waals surface area contributed by atoms with Crippen molar-refractivity contribution in [3.63, 3.8) is 0 Å². The molecule has 1 N–H and O–H groups in total. The Balaban J connectivity index is 1.80. The van der Waals surface area contributed by atoms with Crippen LogP contribution in [-0.2, 0) is 11.8 Å². The summed E-state index contributed by atoms with van der Waals surface area (Å²) in [6, 6.07) is 15.9. The highest BCUT2D eigenvalue weighted by molar-refractivity contribution is 6.30. The number of hydrogen-bond acceptors (Lipinski definition) is 1. The summed E-state index contributed by atoms with van der Waals surface area (Å²) in [5.74, 6) is 0. The van der Waals surface area contributed by atoms with Crippen LogP contribution in [0.2, 0.25) is 5.02 Å². The van der Waals surface area contributed by atoms with E-state index in [1.54, 1.807) is 0 Å². The Bertz CT molecular complexity index is 685. The average molecular weight is 312 g/mol. The summed E-state index contributed by atoms with van der Waals surface area (Å²) in [6.07, 6.45) is 4.99. The van der Waals surface area contributed by atoms with E-state index in [0.717, 1.165) is 18.0 Å². The van der Waals surface area contributed by atoms with Gasteiger partial charge in [0.05, 0.1) is 0 Å². The molecule has 0 saturated heterocycles. The second kappa shape index (κ2) is 5.40. The van der Waals surface area contributed by atoms with Gasteiger partial charge in [0.2, 0.25) is 0 Å². The van der Waals surface area contributed by atoms with Crippen LogP contribution in [0.4, 0.5) is 0 Å². The van der Waals surface area contributed by atoms with Gasteiger partial charge >= 0.3 is 0 Å². The van der Waals surface area contributed by atoms with Gasteiger partial charge in [0.25, 0.3) is 0 Å². The predicted molar refractivity (Wildman–Crippen MR) is 92.6 cm³/mol. The minimum Gasteiger partial charge on any atom is -0.309 e. The highest BCUT2D eigenvalue weighted by atomic mass is 35.5. The molecule has 0 radical (unpaired) electrons. The molecule has 114 valence electrons. The lowest BCUT2D eigenvalue weighted by atomic mass is 9.58. The zero-order valence-corrected chi connectivity index (χ0v) is 13.8. The van der Waals surface area contributed by atoms with Crippen molar-refractivity contribution in [2.45, 2.75) is 44.1 Å². The summed E-state index contributed by atoms with van der Waals surface area (Å²) in [7, 11) is 0. The summed E-state index contributed by atoms with van der Waals surface area (Å²) in [5, 5.41) is 4.65. The van der Waals surface area contributed by atoms with Crippen LogP contribution in [0.1, 0.15) is 47.6 Å². The van der Waals surface area contributed by atoms with Gasteiger partial charge < -0.3 is 5.32 Å². The first-order valence-electron chi connectivity index (χ1n) is 8.28. The highest BCUT2D eigenvalue weighted by Crippen LogP contribution is 2.53. The molecule has 1 nitrogen and oxygen atoms in total. The zero-order chi connectivity index (χ0) is 15.2. The number of fused-ring (bicyclic) bond motifs is 1. The Hall–Kier alpha value is -1.31. The molecule has 4 rings (SSSR count). The van der Waals surface area contributed by atoms with Crippen LogP contribution in [-0.4, -0.2) is 6.54 Å². The minimum atomic E-state index is 0.244. The summed E-state index contributed by atoms with van der Waals surface area (Å²) in [6.45, 7) is 3.28. The molecule has 2 aromatic rings. The van der Waals surface area contributed by atoms with E-state index in [2.05, 4.69) is 42.6 Å². The van der Waals surface area contributed by atoms with Crippen molar-refractivity contribution < 1.29 is 0 Å². The van der Waals surface area contributed by atoms with E-state index in [-0.39, 0.29) is 5.41 Å². The van der Waals surface area contributed by atoms with Crippen molar-refractivity contribution in [1.82, 2.24) is 5.32 Å². The molecule has 1 aliphatic carbocycles. The van der Waals surface area contributed by atoms with E-state index in [1.807, 2.05) is 12.1 Å². The van der Waals surface area contributed by atoms with Gasteiger partial charge in [-0.25, -0.2) is 0 Å². The molecule has 2 heteroatoms. The van der Waals surface area contributed by atoms with Gasteiger partial charge in [-0.2, -0.15) is 0 Å². The van der Waals surface area contributed by atoms with Crippen LogP contribution in [0.25, 0.3) is 0 Å². The number of benzene rings is 2. The lowest BCUT2D eigenvalue weighted by Crippen LogP contribution is -2.49. The first kappa shape index (κ1) is 14.3. The molecule has 0 aromatic heterocycles. The second-order valence-electron chi connectivity index (χ2n) is 6.86. The van der Waals surface area contributed by atoms with E-state index in [0.29, 0.717) is 6.04 Å². The molecule has 2 aromatic carbocycles. The third kappa shape index (κ3) is 2.19. The Morgan fingerprint density at radius 1 is 1.09 bits per heavy atom. The molecule has 2 aliphatic rings. The lowest BCUT2D eigenvalue weighted by molar-refractivity contribution is 0.164. The van der Waals surface area contributed by atoms with E-state index >= 15 is 0 Å². The fourth-order valence-electron chi connectivity index (χ4n) is 4.25. The van der Waals surface area contributed by atoms with Gasteiger partial charge in [-0.05, 0) is 61.6 Å². The maximum atomic E-state index is 6.09. The maximum absolute atomic E-state index is 6.09. The van der Waals surface area contributed by atoms with Crippen molar-refractivity contribution in [3.8, 4) is 0 Å².